The first kappa shape index (κ1) is 16.7. The van der Waals surface area contributed by atoms with Crippen LogP contribution in [0.2, 0.25) is 0 Å². The number of nitrogens with one attached hydrogen (secondary N) is 1. The second kappa shape index (κ2) is 8.06. The maximum absolute atomic E-state index is 3.79. The van der Waals surface area contributed by atoms with Crippen LogP contribution in [0.15, 0.2) is 11.6 Å². The van der Waals surface area contributed by atoms with Crippen LogP contribution >= 0.6 is 0 Å². The van der Waals surface area contributed by atoms with Gasteiger partial charge in [0.15, 0.2) is 0 Å². The lowest BCUT2D eigenvalue weighted by molar-refractivity contribution is 0.102. The van der Waals surface area contributed by atoms with Crippen LogP contribution in [0.4, 0.5) is 0 Å². The van der Waals surface area contributed by atoms with Gasteiger partial charge in [-0.05, 0) is 59.2 Å². The summed E-state index contributed by atoms with van der Waals surface area (Å²) in [5.41, 5.74) is 1.92. The van der Waals surface area contributed by atoms with Gasteiger partial charge < -0.3 is 10.2 Å². The SMILES string of the molecule is CCNC(C1=CCCCCC1)C(CC)(CC)N(C)C. The molecule has 0 aromatic carbocycles. The van der Waals surface area contributed by atoms with Crippen LogP contribution in [0.1, 0.15) is 65.7 Å². The average molecular weight is 266 g/mol. The normalized spacial score (nSPS) is 19.2. The van der Waals surface area contributed by atoms with E-state index in [0.717, 1.165) is 6.54 Å². The molecule has 0 fully saturated rings. The molecule has 1 aliphatic rings. The quantitative estimate of drug-likeness (QED) is 0.701. The van der Waals surface area contributed by atoms with Gasteiger partial charge in [0.2, 0.25) is 0 Å². The van der Waals surface area contributed by atoms with E-state index in [0.29, 0.717) is 6.04 Å². The standard InChI is InChI=1S/C17H34N2/c1-6-17(7-2,19(4)5)16(18-8-3)15-13-11-9-10-12-14-15/h13,16,18H,6-12,14H2,1-5H3. The van der Waals surface area contributed by atoms with Crippen molar-refractivity contribution in [3.05, 3.63) is 11.6 Å². The molecule has 0 aliphatic heterocycles. The van der Waals surface area contributed by atoms with Gasteiger partial charge in [-0.1, -0.05) is 38.8 Å². The number of hydrogen-bond donors (Lipinski definition) is 1. The molecule has 0 amide bonds. The molecule has 0 bridgehead atoms. The predicted molar refractivity (Wildman–Crippen MR) is 85.6 cm³/mol. The molecular formula is C17H34N2. The summed E-state index contributed by atoms with van der Waals surface area (Å²) in [5, 5.41) is 3.79. The Balaban J connectivity index is 3.05. The smallest absolute Gasteiger partial charge is 0.0465 e. The number of nitrogens with zero attached hydrogens (tertiary/aromatic N) is 1. The van der Waals surface area contributed by atoms with Crippen molar-refractivity contribution in [3.63, 3.8) is 0 Å². The molecule has 1 rings (SSSR count). The Labute approximate surface area is 120 Å². The topological polar surface area (TPSA) is 15.3 Å². The molecule has 0 saturated heterocycles. The van der Waals surface area contributed by atoms with Crippen molar-refractivity contribution >= 4 is 0 Å². The lowest BCUT2D eigenvalue weighted by atomic mass is 9.78. The molecule has 1 N–H and O–H groups in total. The van der Waals surface area contributed by atoms with Gasteiger partial charge in [-0.15, -0.1) is 0 Å². The minimum atomic E-state index is 0.256. The fourth-order valence-electron chi connectivity index (χ4n) is 3.72. The van der Waals surface area contributed by atoms with Crippen LogP contribution in [-0.2, 0) is 0 Å². The van der Waals surface area contributed by atoms with E-state index in [1.165, 1.54) is 44.9 Å². The fraction of sp³-hybridized carbons (Fsp3) is 0.882. The van der Waals surface area contributed by atoms with Crippen LogP contribution in [-0.4, -0.2) is 37.1 Å². The van der Waals surface area contributed by atoms with Crippen molar-refractivity contribution in [1.82, 2.24) is 10.2 Å². The van der Waals surface area contributed by atoms with Crippen LogP contribution in [0.5, 0.6) is 0 Å². The molecule has 0 saturated carbocycles. The van der Waals surface area contributed by atoms with Crippen molar-refractivity contribution in [2.45, 2.75) is 77.3 Å². The lowest BCUT2D eigenvalue weighted by Gasteiger charge is -2.46. The number of allylic oxidation sites excluding steroid dienone is 1. The predicted octanol–water partition coefficient (Wildman–Crippen LogP) is 3.98. The molecule has 0 aromatic rings. The number of hydrogen-bond acceptors (Lipinski definition) is 2. The zero-order valence-electron chi connectivity index (χ0n) is 13.8. The summed E-state index contributed by atoms with van der Waals surface area (Å²) in [6.07, 6.45) is 11.6. The van der Waals surface area contributed by atoms with Crippen LogP contribution in [0.25, 0.3) is 0 Å². The third-order valence-electron chi connectivity index (χ3n) is 5.01. The van der Waals surface area contributed by atoms with Crippen LogP contribution in [0, 0.1) is 0 Å². The third-order valence-corrected chi connectivity index (χ3v) is 5.01. The van der Waals surface area contributed by atoms with Gasteiger partial charge in [-0.2, -0.15) is 0 Å². The van der Waals surface area contributed by atoms with Gasteiger partial charge in [0.25, 0.3) is 0 Å². The number of rotatable bonds is 7. The van der Waals surface area contributed by atoms with Crippen LogP contribution < -0.4 is 5.32 Å². The Morgan fingerprint density at radius 3 is 2.37 bits per heavy atom. The summed E-state index contributed by atoms with van der Waals surface area (Å²) < 4.78 is 0. The van der Waals surface area contributed by atoms with E-state index < -0.39 is 0 Å². The first-order chi connectivity index (χ1) is 9.12. The van der Waals surface area contributed by atoms with E-state index >= 15 is 0 Å². The van der Waals surface area contributed by atoms with E-state index in [1.807, 2.05) is 0 Å². The van der Waals surface area contributed by atoms with Gasteiger partial charge >= 0.3 is 0 Å². The summed E-state index contributed by atoms with van der Waals surface area (Å²) in [5.74, 6) is 0. The largest absolute Gasteiger partial charge is 0.309 e. The summed E-state index contributed by atoms with van der Waals surface area (Å²) in [4.78, 5) is 2.45. The lowest BCUT2D eigenvalue weighted by Crippen LogP contribution is -2.59. The molecule has 2 heteroatoms. The molecule has 0 heterocycles. The minimum absolute atomic E-state index is 0.256. The molecule has 0 aromatic heterocycles. The van der Waals surface area contributed by atoms with Crippen molar-refractivity contribution in [2.24, 2.45) is 0 Å². The van der Waals surface area contributed by atoms with Gasteiger partial charge in [-0.3, -0.25) is 0 Å². The average Bonchev–Trinajstić information content (AvgIpc) is 2.68. The van der Waals surface area contributed by atoms with E-state index in [4.69, 9.17) is 0 Å². The Morgan fingerprint density at radius 2 is 1.84 bits per heavy atom. The zero-order chi connectivity index (χ0) is 14.3. The molecule has 1 aliphatic carbocycles. The Kier molecular flexibility index (Phi) is 7.09. The zero-order valence-corrected chi connectivity index (χ0v) is 13.8. The second-order valence-corrected chi connectivity index (χ2v) is 6.07. The van der Waals surface area contributed by atoms with E-state index in [1.54, 1.807) is 5.57 Å². The molecular weight excluding hydrogens is 232 g/mol. The van der Waals surface area contributed by atoms with Crippen molar-refractivity contribution < 1.29 is 0 Å². The number of likely N-dealkylation sites (N-methyl/N-ethyl adjacent to an activating group) is 2. The fourth-order valence-corrected chi connectivity index (χ4v) is 3.72. The molecule has 1 unspecified atom stereocenters. The van der Waals surface area contributed by atoms with E-state index in [2.05, 4.69) is 51.2 Å². The van der Waals surface area contributed by atoms with Crippen molar-refractivity contribution in [3.8, 4) is 0 Å². The van der Waals surface area contributed by atoms with Crippen LogP contribution in [0.3, 0.4) is 0 Å². The first-order valence-corrected chi connectivity index (χ1v) is 8.22. The summed E-state index contributed by atoms with van der Waals surface area (Å²) in [6, 6.07) is 0.514. The molecule has 1 atom stereocenters. The maximum Gasteiger partial charge on any atom is 0.0465 e. The Bertz CT molecular complexity index is 277. The summed E-state index contributed by atoms with van der Waals surface area (Å²) in [6.45, 7) is 7.96. The second-order valence-electron chi connectivity index (χ2n) is 6.07. The summed E-state index contributed by atoms with van der Waals surface area (Å²) in [7, 11) is 4.49. The van der Waals surface area contributed by atoms with Gasteiger partial charge in [-0.25, -0.2) is 0 Å². The summed E-state index contributed by atoms with van der Waals surface area (Å²) >= 11 is 0. The highest BCUT2D eigenvalue weighted by molar-refractivity contribution is 5.20. The van der Waals surface area contributed by atoms with E-state index in [9.17, 15) is 0 Å². The van der Waals surface area contributed by atoms with E-state index in [-0.39, 0.29) is 5.54 Å². The highest BCUT2D eigenvalue weighted by Gasteiger charge is 2.39. The highest BCUT2D eigenvalue weighted by Crippen LogP contribution is 2.33. The van der Waals surface area contributed by atoms with Crippen molar-refractivity contribution in [1.29, 1.82) is 0 Å². The third kappa shape index (κ3) is 3.82. The Hall–Kier alpha value is -0.340. The minimum Gasteiger partial charge on any atom is -0.309 e. The van der Waals surface area contributed by atoms with Gasteiger partial charge in [0.1, 0.15) is 0 Å². The molecule has 0 spiro atoms. The Morgan fingerprint density at radius 1 is 1.16 bits per heavy atom. The first-order valence-electron chi connectivity index (χ1n) is 8.22. The van der Waals surface area contributed by atoms with Crippen molar-refractivity contribution in [2.75, 3.05) is 20.6 Å². The molecule has 0 radical (unpaired) electrons. The molecule has 112 valence electrons. The molecule has 2 nitrogen and oxygen atoms in total. The van der Waals surface area contributed by atoms with Gasteiger partial charge in [0.05, 0.1) is 0 Å². The van der Waals surface area contributed by atoms with Gasteiger partial charge in [0, 0.05) is 11.6 Å². The molecule has 19 heavy (non-hydrogen) atoms. The maximum atomic E-state index is 3.79. The highest BCUT2D eigenvalue weighted by atomic mass is 15.2. The monoisotopic (exact) mass is 266 g/mol.